The summed E-state index contributed by atoms with van der Waals surface area (Å²) in [7, 11) is 1.50. The van der Waals surface area contributed by atoms with Crippen molar-refractivity contribution in [3.05, 3.63) is 88.7 Å². The number of aliphatic hydroxyl groups excluding tert-OH is 1. The van der Waals surface area contributed by atoms with E-state index in [1.165, 1.54) is 29.8 Å². The molecule has 1 N–H and O–H groups in total. The normalized spacial score (nSPS) is 16.9. The number of hydrogen-bond acceptors (Lipinski definition) is 11. The lowest BCUT2D eigenvalue weighted by atomic mass is 9.95. The summed E-state index contributed by atoms with van der Waals surface area (Å²) in [5.74, 6) is -0.366. The number of aromatic nitrogens is 2. The molecule has 1 unspecified atom stereocenters. The first-order valence-corrected chi connectivity index (χ1v) is 16.4. The molecule has 0 radical (unpaired) electrons. The van der Waals surface area contributed by atoms with Crippen molar-refractivity contribution in [1.82, 2.24) is 10.2 Å². The second kappa shape index (κ2) is 13.8. The standard InChI is InChI=1S/C33H30FN3O7S2/c1-3-4-13-42-23-11-9-19(16-25(23)41-2)28-27(29(38)20-10-12-24-26(17-20)44-15-14-43-24)30(39)31(40)37(28)32-35-36-33(46-32)45-18-21-7-5-6-8-22(21)34/h5-12,16-17,28,38H,3-4,13-15,18H2,1-2H3/b29-27+. The van der Waals surface area contributed by atoms with Crippen molar-refractivity contribution < 1.29 is 38.0 Å². The van der Waals surface area contributed by atoms with E-state index in [1.54, 1.807) is 54.6 Å². The zero-order valence-corrected chi connectivity index (χ0v) is 26.7. The molecule has 2 aliphatic rings. The predicted octanol–water partition coefficient (Wildman–Crippen LogP) is 6.55. The minimum absolute atomic E-state index is 0.140. The average molecular weight is 664 g/mol. The number of anilines is 1. The number of hydrogen-bond donors (Lipinski definition) is 1. The molecule has 13 heteroatoms. The largest absolute Gasteiger partial charge is 0.507 e. The van der Waals surface area contributed by atoms with Gasteiger partial charge in [0.25, 0.3) is 5.78 Å². The Morgan fingerprint density at radius 2 is 1.87 bits per heavy atom. The summed E-state index contributed by atoms with van der Waals surface area (Å²) in [4.78, 5) is 28.7. The number of halogens is 1. The molecule has 10 nitrogen and oxygen atoms in total. The molecule has 238 valence electrons. The van der Waals surface area contributed by atoms with Crippen molar-refractivity contribution in [3.8, 4) is 23.0 Å². The van der Waals surface area contributed by atoms with E-state index in [-0.39, 0.29) is 27.8 Å². The van der Waals surface area contributed by atoms with Crippen LogP contribution in [0.2, 0.25) is 0 Å². The first-order chi connectivity index (χ1) is 22.4. The van der Waals surface area contributed by atoms with Gasteiger partial charge in [-0.2, -0.15) is 0 Å². The molecule has 3 aromatic carbocycles. The van der Waals surface area contributed by atoms with Gasteiger partial charge < -0.3 is 24.1 Å². The van der Waals surface area contributed by atoms with Crippen molar-refractivity contribution in [2.45, 2.75) is 35.9 Å². The molecule has 0 aliphatic carbocycles. The number of carbonyl (C=O) groups is 2. The second-order valence-electron chi connectivity index (χ2n) is 10.4. The number of carbonyl (C=O) groups excluding carboxylic acids is 2. The van der Waals surface area contributed by atoms with Crippen molar-refractivity contribution in [1.29, 1.82) is 0 Å². The number of Topliss-reactive ketones (excluding diaryl/α,β-unsaturated/α-hetero) is 1. The van der Waals surface area contributed by atoms with Gasteiger partial charge in [-0.05, 0) is 53.9 Å². The Morgan fingerprint density at radius 1 is 1.07 bits per heavy atom. The van der Waals surface area contributed by atoms with Crippen molar-refractivity contribution in [3.63, 3.8) is 0 Å². The van der Waals surface area contributed by atoms with Crippen LogP contribution in [0.5, 0.6) is 23.0 Å². The topological polar surface area (TPSA) is 120 Å². The van der Waals surface area contributed by atoms with Crippen LogP contribution in [0, 0.1) is 5.82 Å². The fourth-order valence-corrected chi connectivity index (χ4v) is 6.96. The number of amides is 1. The monoisotopic (exact) mass is 663 g/mol. The van der Waals surface area contributed by atoms with Gasteiger partial charge in [-0.15, -0.1) is 10.2 Å². The van der Waals surface area contributed by atoms with Gasteiger partial charge in [0.05, 0.1) is 25.3 Å². The molecule has 0 spiro atoms. The molecule has 2 aliphatic heterocycles. The third kappa shape index (κ3) is 6.24. The lowest BCUT2D eigenvalue weighted by Gasteiger charge is -2.24. The van der Waals surface area contributed by atoms with E-state index in [9.17, 15) is 19.1 Å². The van der Waals surface area contributed by atoms with Crippen LogP contribution < -0.4 is 23.8 Å². The molecule has 46 heavy (non-hydrogen) atoms. The van der Waals surface area contributed by atoms with Gasteiger partial charge in [0.2, 0.25) is 5.13 Å². The summed E-state index contributed by atoms with van der Waals surface area (Å²) in [5.41, 5.74) is 1.11. The van der Waals surface area contributed by atoms with Crippen LogP contribution >= 0.6 is 23.1 Å². The SMILES string of the molecule is CCCCOc1ccc(C2/C(=C(\O)c3ccc4c(c3)OCCO4)C(=O)C(=O)N2c2nnc(SCc3ccccc3F)s2)cc1OC. The van der Waals surface area contributed by atoms with E-state index in [0.29, 0.717) is 64.0 Å². The summed E-state index contributed by atoms with van der Waals surface area (Å²) >= 11 is 2.35. The Labute approximate surface area is 272 Å². The summed E-state index contributed by atoms with van der Waals surface area (Å²) in [6, 6.07) is 15.3. The van der Waals surface area contributed by atoms with Gasteiger partial charge in [-0.1, -0.05) is 60.7 Å². The van der Waals surface area contributed by atoms with Gasteiger partial charge in [-0.3, -0.25) is 14.5 Å². The lowest BCUT2D eigenvalue weighted by molar-refractivity contribution is -0.132. The maximum absolute atomic E-state index is 14.2. The van der Waals surface area contributed by atoms with Crippen molar-refractivity contribution >= 4 is 45.7 Å². The number of fused-ring (bicyclic) bond motifs is 1. The van der Waals surface area contributed by atoms with E-state index in [2.05, 4.69) is 17.1 Å². The molecular formula is C33H30FN3O7S2. The maximum Gasteiger partial charge on any atom is 0.301 e. The lowest BCUT2D eigenvalue weighted by Crippen LogP contribution is -2.29. The molecule has 0 bridgehead atoms. The minimum atomic E-state index is -1.08. The Hall–Kier alpha value is -4.62. The number of aliphatic hydroxyl groups is 1. The summed E-state index contributed by atoms with van der Waals surface area (Å²) in [5, 5.41) is 20.2. The van der Waals surface area contributed by atoms with Crippen molar-refractivity contribution in [2.24, 2.45) is 0 Å². The average Bonchev–Trinajstić information content (AvgIpc) is 3.65. The van der Waals surface area contributed by atoms with E-state index in [0.717, 1.165) is 24.2 Å². The summed E-state index contributed by atoms with van der Waals surface area (Å²) in [6.07, 6.45) is 1.81. The molecule has 4 aromatic rings. The van der Waals surface area contributed by atoms with Gasteiger partial charge in [0.1, 0.15) is 24.8 Å². The van der Waals surface area contributed by atoms with Gasteiger partial charge in [0, 0.05) is 11.3 Å². The van der Waals surface area contributed by atoms with Crippen LogP contribution in [-0.2, 0) is 15.3 Å². The van der Waals surface area contributed by atoms with E-state index < -0.39 is 17.7 Å². The van der Waals surface area contributed by atoms with Crippen LogP contribution in [0.15, 0.2) is 70.6 Å². The third-order valence-corrected chi connectivity index (χ3v) is 9.53. The smallest absolute Gasteiger partial charge is 0.301 e. The Balaban J connectivity index is 1.41. The zero-order chi connectivity index (χ0) is 32.2. The first-order valence-electron chi connectivity index (χ1n) is 14.6. The van der Waals surface area contributed by atoms with Crippen LogP contribution in [0.3, 0.4) is 0 Å². The Kier molecular flexibility index (Phi) is 9.41. The highest BCUT2D eigenvalue weighted by Crippen LogP contribution is 2.46. The number of methoxy groups -OCH3 is 1. The van der Waals surface area contributed by atoms with Gasteiger partial charge in [-0.25, -0.2) is 4.39 Å². The second-order valence-corrected chi connectivity index (χ2v) is 12.5. The Morgan fingerprint density at radius 3 is 2.65 bits per heavy atom. The van der Waals surface area contributed by atoms with E-state index >= 15 is 0 Å². The van der Waals surface area contributed by atoms with Crippen LogP contribution in [0.1, 0.15) is 42.5 Å². The first kappa shape index (κ1) is 31.4. The van der Waals surface area contributed by atoms with Crippen LogP contribution in [-0.4, -0.2) is 53.9 Å². The highest BCUT2D eigenvalue weighted by molar-refractivity contribution is 8.00. The van der Waals surface area contributed by atoms with Crippen molar-refractivity contribution in [2.75, 3.05) is 31.8 Å². The number of ketones is 1. The van der Waals surface area contributed by atoms with Gasteiger partial charge in [0.15, 0.2) is 27.3 Å². The highest BCUT2D eigenvalue weighted by atomic mass is 32.2. The number of thioether (sulfide) groups is 1. The highest BCUT2D eigenvalue weighted by Gasteiger charge is 2.48. The molecule has 1 fully saturated rings. The molecule has 0 saturated carbocycles. The molecule has 6 rings (SSSR count). The number of nitrogens with zero attached hydrogens (tertiary/aromatic N) is 3. The molecule has 1 aromatic heterocycles. The molecule has 1 amide bonds. The van der Waals surface area contributed by atoms with Crippen LogP contribution in [0.25, 0.3) is 5.76 Å². The zero-order valence-electron chi connectivity index (χ0n) is 25.0. The quantitative estimate of drug-likeness (QED) is 0.0472. The van der Waals surface area contributed by atoms with E-state index in [1.807, 2.05) is 0 Å². The van der Waals surface area contributed by atoms with Crippen LogP contribution in [0.4, 0.5) is 9.52 Å². The summed E-state index contributed by atoms with van der Waals surface area (Å²) in [6.45, 7) is 3.28. The predicted molar refractivity (Wildman–Crippen MR) is 171 cm³/mol. The molecular weight excluding hydrogens is 634 g/mol. The molecule has 1 saturated heterocycles. The maximum atomic E-state index is 14.2. The number of rotatable bonds is 11. The fraction of sp³-hybridized carbons (Fsp3) is 0.273. The minimum Gasteiger partial charge on any atom is -0.507 e. The Bertz CT molecular complexity index is 1810. The fourth-order valence-electron chi connectivity index (χ4n) is 5.10. The number of benzene rings is 3. The summed E-state index contributed by atoms with van der Waals surface area (Å²) < 4.78 is 37.5. The van der Waals surface area contributed by atoms with Gasteiger partial charge >= 0.3 is 5.91 Å². The molecule has 3 heterocycles. The number of unbranched alkanes of at least 4 members (excludes halogenated alkanes) is 1. The number of ether oxygens (including phenoxy) is 4. The third-order valence-electron chi connectivity index (χ3n) is 7.43. The van der Waals surface area contributed by atoms with E-state index in [4.69, 9.17) is 18.9 Å². The molecule has 1 atom stereocenters.